The highest BCUT2D eigenvalue weighted by Gasteiger charge is 2.49. The summed E-state index contributed by atoms with van der Waals surface area (Å²) in [7, 11) is 0. The molecule has 0 radical (unpaired) electrons. The third-order valence-corrected chi connectivity index (χ3v) is 6.25. The molecule has 1 aliphatic rings. The fourth-order valence-electron chi connectivity index (χ4n) is 1.97. The van der Waals surface area contributed by atoms with Crippen molar-refractivity contribution in [1.82, 2.24) is 0 Å². The van der Waals surface area contributed by atoms with Crippen molar-refractivity contribution in [2.75, 3.05) is 13.3 Å². The smallest absolute Gasteiger partial charge is 0.416 e. The van der Waals surface area contributed by atoms with Crippen molar-refractivity contribution in [3.63, 3.8) is 0 Å². The number of hydrogen-bond acceptors (Lipinski definition) is 1. The van der Waals surface area contributed by atoms with Gasteiger partial charge in [-0.1, -0.05) is 31.9 Å². The first-order valence-electron chi connectivity index (χ1n) is 5.55. The monoisotopic (exact) mass is 422 g/mol. The zero-order valence-corrected chi connectivity index (χ0v) is 13.0. The normalized spacial score (nSPS) is 24.9. The molecule has 112 valence electrons. The fraction of sp³-hybridized carbons (Fsp3) is 0.500. The third-order valence-electron chi connectivity index (χ3n) is 3.16. The highest BCUT2D eigenvalue weighted by molar-refractivity contribution is 9.12. The first kappa shape index (κ1) is 16.0. The van der Waals surface area contributed by atoms with E-state index in [1.165, 1.54) is 0 Å². The van der Waals surface area contributed by atoms with Crippen molar-refractivity contribution >= 4 is 31.9 Å². The standard InChI is InChI=1S/C12H9Br2F5O/c13-9-7-3-6(12(17,18)19)1-2-8(7)20-11(4-15,5-16)10(9)14/h1-3,9-10H,4-5H2. The largest absolute Gasteiger partial charge is 0.480 e. The molecule has 8 heteroatoms. The minimum Gasteiger partial charge on any atom is -0.480 e. The van der Waals surface area contributed by atoms with Crippen LogP contribution in [0.2, 0.25) is 0 Å². The van der Waals surface area contributed by atoms with Gasteiger partial charge >= 0.3 is 6.18 Å². The molecule has 1 aliphatic heterocycles. The second-order valence-corrected chi connectivity index (χ2v) is 6.46. The Morgan fingerprint density at radius 3 is 2.25 bits per heavy atom. The van der Waals surface area contributed by atoms with Crippen molar-refractivity contribution in [2.45, 2.75) is 21.4 Å². The summed E-state index contributed by atoms with van der Waals surface area (Å²) in [5, 5.41) is 0. The molecule has 0 saturated heterocycles. The van der Waals surface area contributed by atoms with E-state index < -0.39 is 40.3 Å². The van der Waals surface area contributed by atoms with E-state index in [-0.39, 0.29) is 11.3 Å². The van der Waals surface area contributed by atoms with E-state index in [0.29, 0.717) is 0 Å². The highest BCUT2D eigenvalue weighted by atomic mass is 79.9. The Morgan fingerprint density at radius 2 is 1.75 bits per heavy atom. The molecule has 0 fully saturated rings. The maximum absolute atomic E-state index is 13.1. The molecule has 1 heterocycles. The second kappa shape index (κ2) is 5.44. The molecule has 0 amide bonds. The molecular formula is C12H9Br2F5O. The summed E-state index contributed by atoms with van der Waals surface area (Å²) in [5.74, 6) is 0.0471. The van der Waals surface area contributed by atoms with Crippen molar-refractivity contribution in [3.05, 3.63) is 29.3 Å². The molecule has 0 aliphatic carbocycles. The molecule has 0 saturated carbocycles. The van der Waals surface area contributed by atoms with E-state index in [4.69, 9.17) is 4.74 Å². The molecule has 1 aromatic carbocycles. The minimum absolute atomic E-state index is 0.0471. The van der Waals surface area contributed by atoms with Crippen LogP contribution in [0.15, 0.2) is 18.2 Å². The number of alkyl halides is 7. The average molecular weight is 424 g/mol. The third kappa shape index (κ3) is 2.56. The number of benzene rings is 1. The number of hydrogen-bond donors (Lipinski definition) is 0. The Labute approximate surface area is 128 Å². The molecule has 20 heavy (non-hydrogen) atoms. The highest BCUT2D eigenvalue weighted by Crippen LogP contribution is 2.49. The van der Waals surface area contributed by atoms with E-state index in [1.54, 1.807) is 0 Å². The summed E-state index contributed by atoms with van der Waals surface area (Å²) >= 11 is 6.29. The van der Waals surface area contributed by atoms with Gasteiger partial charge in [-0.3, -0.25) is 0 Å². The molecular weight excluding hydrogens is 415 g/mol. The Balaban J connectivity index is 2.49. The molecule has 0 N–H and O–H groups in total. The molecule has 2 atom stereocenters. The summed E-state index contributed by atoms with van der Waals surface area (Å²) in [6.07, 6.45) is -4.49. The van der Waals surface area contributed by atoms with E-state index in [0.717, 1.165) is 18.2 Å². The SMILES string of the molecule is FCC1(CF)Oc2ccc(C(F)(F)F)cc2C(Br)C1Br. The summed E-state index contributed by atoms with van der Waals surface area (Å²) in [5.41, 5.74) is -2.36. The van der Waals surface area contributed by atoms with E-state index in [2.05, 4.69) is 31.9 Å². The number of ether oxygens (including phenoxy) is 1. The van der Waals surface area contributed by atoms with Gasteiger partial charge in [0.15, 0.2) is 5.60 Å². The molecule has 2 unspecified atom stereocenters. The number of fused-ring (bicyclic) bond motifs is 1. The lowest BCUT2D eigenvalue weighted by Crippen LogP contribution is -2.53. The van der Waals surface area contributed by atoms with Crippen LogP contribution in [0.1, 0.15) is 16.0 Å². The van der Waals surface area contributed by atoms with Crippen molar-refractivity contribution in [2.24, 2.45) is 0 Å². The number of halogens is 7. The predicted molar refractivity (Wildman–Crippen MR) is 71.1 cm³/mol. The lowest BCUT2D eigenvalue weighted by molar-refractivity contribution is -0.137. The van der Waals surface area contributed by atoms with Crippen LogP contribution in [-0.4, -0.2) is 23.8 Å². The van der Waals surface area contributed by atoms with Crippen LogP contribution < -0.4 is 4.74 Å². The number of rotatable bonds is 2. The van der Waals surface area contributed by atoms with E-state index in [9.17, 15) is 22.0 Å². The lowest BCUT2D eigenvalue weighted by atomic mass is 9.91. The van der Waals surface area contributed by atoms with Crippen molar-refractivity contribution < 1.29 is 26.7 Å². The van der Waals surface area contributed by atoms with Crippen LogP contribution in [0.5, 0.6) is 5.75 Å². The Bertz CT molecular complexity index is 501. The summed E-state index contributed by atoms with van der Waals surface area (Å²) < 4.78 is 69.6. The van der Waals surface area contributed by atoms with E-state index in [1.807, 2.05) is 0 Å². The van der Waals surface area contributed by atoms with Crippen LogP contribution in [0.4, 0.5) is 22.0 Å². The van der Waals surface area contributed by atoms with Gasteiger partial charge in [0.2, 0.25) is 0 Å². The summed E-state index contributed by atoms with van der Waals surface area (Å²) in [4.78, 5) is -1.53. The molecule has 1 nitrogen and oxygen atoms in total. The van der Waals surface area contributed by atoms with Gasteiger partial charge in [0.05, 0.1) is 15.2 Å². The van der Waals surface area contributed by atoms with Gasteiger partial charge in [-0.25, -0.2) is 8.78 Å². The van der Waals surface area contributed by atoms with Crippen molar-refractivity contribution in [1.29, 1.82) is 0 Å². The summed E-state index contributed by atoms with van der Waals surface area (Å²) in [6, 6.07) is 2.84. The van der Waals surface area contributed by atoms with Crippen molar-refractivity contribution in [3.8, 4) is 5.75 Å². The van der Waals surface area contributed by atoms with Crippen LogP contribution in [0.25, 0.3) is 0 Å². The molecule has 1 aromatic rings. The van der Waals surface area contributed by atoms with Crippen LogP contribution in [-0.2, 0) is 6.18 Å². The lowest BCUT2D eigenvalue weighted by Gasteiger charge is -2.41. The first-order valence-corrected chi connectivity index (χ1v) is 7.38. The molecule has 0 aromatic heterocycles. The maximum Gasteiger partial charge on any atom is 0.416 e. The quantitative estimate of drug-likeness (QED) is 0.481. The zero-order chi connectivity index (χ0) is 15.1. The topological polar surface area (TPSA) is 9.23 Å². The molecule has 2 rings (SSSR count). The predicted octanol–water partition coefficient (Wildman–Crippen LogP) is 4.98. The Kier molecular flexibility index (Phi) is 4.35. The summed E-state index contributed by atoms with van der Waals surface area (Å²) in [6.45, 7) is -2.19. The fourth-order valence-corrected chi connectivity index (χ4v) is 3.43. The van der Waals surface area contributed by atoms with Gasteiger partial charge in [-0.15, -0.1) is 0 Å². The van der Waals surface area contributed by atoms with Gasteiger partial charge in [0, 0.05) is 5.56 Å². The Hall–Kier alpha value is -0.370. The molecule has 0 bridgehead atoms. The first-order chi connectivity index (χ1) is 9.25. The zero-order valence-electron chi connectivity index (χ0n) is 9.85. The van der Waals surface area contributed by atoms with Crippen LogP contribution in [0.3, 0.4) is 0 Å². The van der Waals surface area contributed by atoms with E-state index >= 15 is 0 Å². The van der Waals surface area contributed by atoms with Gasteiger partial charge < -0.3 is 4.74 Å². The average Bonchev–Trinajstić information content (AvgIpc) is 2.41. The second-order valence-electron chi connectivity index (χ2n) is 4.49. The Morgan fingerprint density at radius 1 is 1.15 bits per heavy atom. The van der Waals surface area contributed by atoms with Crippen LogP contribution >= 0.6 is 31.9 Å². The van der Waals surface area contributed by atoms with Gasteiger partial charge in [0.25, 0.3) is 0 Å². The molecule has 0 spiro atoms. The minimum atomic E-state index is -4.49. The van der Waals surface area contributed by atoms with Gasteiger partial charge in [-0.05, 0) is 18.2 Å². The van der Waals surface area contributed by atoms with Gasteiger partial charge in [-0.2, -0.15) is 13.2 Å². The van der Waals surface area contributed by atoms with Gasteiger partial charge in [0.1, 0.15) is 19.1 Å². The maximum atomic E-state index is 13.1. The van der Waals surface area contributed by atoms with Crippen LogP contribution in [0, 0.1) is 0 Å².